The molecule has 0 saturated carbocycles. The van der Waals surface area contributed by atoms with E-state index in [0.29, 0.717) is 0 Å². The number of aryl methyl sites for hydroxylation is 2. The number of hydrogen-bond donors (Lipinski definition) is 0. The van der Waals surface area contributed by atoms with Crippen LogP contribution in [0.4, 0.5) is 34.1 Å². The Labute approximate surface area is 390 Å². The lowest BCUT2D eigenvalue weighted by Crippen LogP contribution is -2.11. The Morgan fingerprint density at radius 1 is 0.328 bits per heavy atom. The SMILES string of the molecule is Cc1cccc(N(c2ccc3oc4cc(N(c5cccc(C)c5)c5cccc6c5oc5c(C(C)(C)C)cccc56)c5ccccc5c4c3c2)c2cccc3c2oc2c(C(C)(C)C)cccc23)c1. The van der Waals surface area contributed by atoms with E-state index in [1.807, 2.05) is 0 Å². The Kier molecular flexibility index (Phi) is 9.05. The first-order valence-electron chi connectivity index (χ1n) is 23.3. The van der Waals surface area contributed by atoms with Gasteiger partial charge in [0.05, 0.1) is 17.1 Å². The van der Waals surface area contributed by atoms with Crippen LogP contribution in [0.15, 0.2) is 183 Å². The molecule has 0 N–H and O–H groups in total. The summed E-state index contributed by atoms with van der Waals surface area (Å²) in [5.74, 6) is 0. The van der Waals surface area contributed by atoms with Crippen molar-refractivity contribution in [3.63, 3.8) is 0 Å². The van der Waals surface area contributed by atoms with Gasteiger partial charge in [0.15, 0.2) is 11.2 Å². The molecule has 3 heterocycles. The molecule has 0 aliphatic carbocycles. The molecule has 67 heavy (non-hydrogen) atoms. The Hall–Kier alpha value is -7.76. The van der Waals surface area contributed by atoms with Crippen LogP contribution in [0.1, 0.15) is 63.8 Å². The van der Waals surface area contributed by atoms with E-state index in [-0.39, 0.29) is 10.8 Å². The molecule has 9 aromatic carbocycles. The van der Waals surface area contributed by atoms with Crippen LogP contribution in [0, 0.1) is 13.8 Å². The van der Waals surface area contributed by atoms with E-state index >= 15 is 0 Å². The van der Waals surface area contributed by atoms with Crippen LogP contribution in [0.25, 0.3) is 76.6 Å². The molecule has 328 valence electrons. The highest BCUT2D eigenvalue weighted by atomic mass is 16.3. The second kappa shape index (κ2) is 14.9. The third-order valence-corrected chi connectivity index (χ3v) is 13.6. The van der Waals surface area contributed by atoms with Gasteiger partial charge in [0.2, 0.25) is 0 Å². The second-order valence-electron chi connectivity index (χ2n) is 20.3. The van der Waals surface area contributed by atoms with E-state index in [1.165, 1.54) is 22.3 Å². The van der Waals surface area contributed by atoms with E-state index in [1.54, 1.807) is 0 Å². The Balaban J connectivity index is 1.10. The minimum atomic E-state index is -0.0971. The number of hydrogen-bond acceptors (Lipinski definition) is 5. The summed E-state index contributed by atoms with van der Waals surface area (Å²) >= 11 is 0. The monoisotopic (exact) mass is 872 g/mol. The Morgan fingerprint density at radius 3 is 1.34 bits per heavy atom. The average molecular weight is 873 g/mol. The van der Waals surface area contributed by atoms with E-state index in [4.69, 9.17) is 13.3 Å². The largest absolute Gasteiger partial charge is 0.456 e. The van der Waals surface area contributed by atoms with Crippen LogP contribution < -0.4 is 9.80 Å². The van der Waals surface area contributed by atoms with Gasteiger partial charge in [0.1, 0.15) is 22.3 Å². The molecule has 0 spiro atoms. The second-order valence-corrected chi connectivity index (χ2v) is 20.3. The molecule has 0 unspecified atom stereocenters. The van der Waals surface area contributed by atoms with Crippen LogP contribution in [0.5, 0.6) is 0 Å². The molecule has 12 rings (SSSR count). The summed E-state index contributed by atoms with van der Waals surface area (Å²) in [4.78, 5) is 4.69. The smallest absolute Gasteiger partial charge is 0.159 e. The van der Waals surface area contributed by atoms with Crippen LogP contribution in [0.2, 0.25) is 0 Å². The molecule has 0 aliphatic rings. The first-order valence-corrected chi connectivity index (χ1v) is 23.3. The molecule has 0 bridgehead atoms. The van der Waals surface area contributed by atoms with Gasteiger partial charge in [-0.1, -0.05) is 151 Å². The van der Waals surface area contributed by atoms with Crippen molar-refractivity contribution in [3.8, 4) is 0 Å². The average Bonchev–Trinajstić information content (AvgIpc) is 4.01. The molecule has 0 saturated heterocycles. The van der Waals surface area contributed by atoms with Crippen molar-refractivity contribution in [1.29, 1.82) is 0 Å². The van der Waals surface area contributed by atoms with Gasteiger partial charge < -0.3 is 23.1 Å². The van der Waals surface area contributed by atoms with Crippen molar-refractivity contribution in [1.82, 2.24) is 0 Å². The molecule has 5 nitrogen and oxygen atoms in total. The molecule has 0 aliphatic heterocycles. The lowest BCUT2D eigenvalue weighted by atomic mass is 9.86. The lowest BCUT2D eigenvalue weighted by Gasteiger charge is -2.27. The molecule has 5 heteroatoms. The first-order chi connectivity index (χ1) is 32.3. The molecule has 0 fully saturated rings. The third kappa shape index (κ3) is 6.51. The number of benzene rings is 9. The quantitative estimate of drug-likeness (QED) is 0.167. The van der Waals surface area contributed by atoms with E-state index in [9.17, 15) is 0 Å². The minimum Gasteiger partial charge on any atom is -0.456 e. The van der Waals surface area contributed by atoms with Crippen molar-refractivity contribution < 1.29 is 13.3 Å². The highest BCUT2D eigenvalue weighted by Crippen LogP contribution is 2.50. The number of fused-ring (bicyclic) bond motifs is 11. The molecule has 12 aromatic rings. The zero-order valence-electron chi connectivity index (χ0n) is 39.3. The van der Waals surface area contributed by atoms with Gasteiger partial charge in [-0.3, -0.25) is 0 Å². The maximum absolute atomic E-state index is 7.05. The molecule has 3 aromatic heterocycles. The van der Waals surface area contributed by atoms with Crippen LogP contribution in [-0.2, 0) is 10.8 Å². The van der Waals surface area contributed by atoms with Gasteiger partial charge in [0, 0.05) is 72.0 Å². The molecule has 0 atom stereocenters. The molecule has 0 amide bonds. The number of rotatable bonds is 6. The number of furan rings is 3. The standard InChI is InChI=1S/C62H52N2O3/c1-37-17-11-19-39(33-37)63(51-29-15-25-46-44-23-13-27-49(61(3,4)5)57(44)66-59(46)51)41-31-32-54-48(35-41)56-43-22-10-9-21-42(43)53(36-55(56)65-54)64(40-20-12-18-38(2)34-40)52-30-16-26-47-45-24-14-28-50(62(6,7)8)58(45)67-60(47)52/h9-36H,1-8H3. The van der Waals surface area contributed by atoms with Gasteiger partial charge in [-0.05, 0) is 95.8 Å². The fourth-order valence-corrected chi connectivity index (χ4v) is 10.4. The van der Waals surface area contributed by atoms with Crippen molar-refractivity contribution in [2.45, 2.75) is 66.2 Å². The van der Waals surface area contributed by atoms with Crippen LogP contribution in [0.3, 0.4) is 0 Å². The molecule has 0 radical (unpaired) electrons. The lowest BCUT2D eigenvalue weighted by molar-refractivity contribution is 0.572. The zero-order chi connectivity index (χ0) is 45.9. The molecular formula is C62H52N2O3. The fourth-order valence-electron chi connectivity index (χ4n) is 10.4. The predicted octanol–water partition coefficient (Wildman–Crippen LogP) is 18.7. The number of anilines is 6. The summed E-state index contributed by atoms with van der Waals surface area (Å²) in [6.45, 7) is 17.8. The van der Waals surface area contributed by atoms with E-state index in [2.05, 4.69) is 235 Å². The maximum atomic E-state index is 7.05. The van der Waals surface area contributed by atoms with E-state index in [0.717, 1.165) is 111 Å². The maximum Gasteiger partial charge on any atom is 0.159 e. The number of nitrogens with zero attached hydrogens (tertiary/aromatic N) is 2. The van der Waals surface area contributed by atoms with Gasteiger partial charge in [0.25, 0.3) is 0 Å². The van der Waals surface area contributed by atoms with Crippen molar-refractivity contribution in [2.75, 3.05) is 9.80 Å². The van der Waals surface area contributed by atoms with Gasteiger partial charge >= 0.3 is 0 Å². The normalized spacial score (nSPS) is 12.5. The highest BCUT2D eigenvalue weighted by molar-refractivity contribution is 6.24. The van der Waals surface area contributed by atoms with E-state index < -0.39 is 0 Å². The van der Waals surface area contributed by atoms with Gasteiger partial charge in [-0.2, -0.15) is 0 Å². The van der Waals surface area contributed by atoms with Gasteiger partial charge in [-0.15, -0.1) is 0 Å². The summed E-state index contributed by atoms with van der Waals surface area (Å²) < 4.78 is 21.0. The first kappa shape index (κ1) is 40.7. The Bertz CT molecular complexity index is 3940. The van der Waals surface area contributed by atoms with Crippen molar-refractivity contribution in [2.24, 2.45) is 0 Å². The minimum absolute atomic E-state index is 0.0895. The summed E-state index contributed by atoms with van der Waals surface area (Å²) in [7, 11) is 0. The highest BCUT2D eigenvalue weighted by Gasteiger charge is 2.28. The Morgan fingerprint density at radius 2 is 0.791 bits per heavy atom. The zero-order valence-corrected chi connectivity index (χ0v) is 39.3. The summed E-state index contributed by atoms with van der Waals surface area (Å²) in [5.41, 5.74) is 15.8. The molecular weight excluding hydrogens is 821 g/mol. The number of para-hydroxylation sites is 4. The van der Waals surface area contributed by atoms with Crippen LogP contribution in [-0.4, -0.2) is 0 Å². The van der Waals surface area contributed by atoms with Crippen molar-refractivity contribution in [3.05, 3.63) is 192 Å². The topological polar surface area (TPSA) is 45.9 Å². The predicted molar refractivity (Wildman–Crippen MR) is 282 cm³/mol. The summed E-state index contributed by atoms with van der Waals surface area (Å²) in [6.07, 6.45) is 0. The summed E-state index contributed by atoms with van der Waals surface area (Å²) in [5, 5.41) is 8.73. The fraction of sp³-hybridized carbons (Fsp3) is 0.161. The summed E-state index contributed by atoms with van der Waals surface area (Å²) in [6, 6.07) is 61.0. The van der Waals surface area contributed by atoms with Gasteiger partial charge in [-0.25, -0.2) is 0 Å². The third-order valence-electron chi connectivity index (χ3n) is 13.6. The van der Waals surface area contributed by atoms with Crippen molar-refractivity contribution >= 4 is 111 Å². The van der Waals surface area contributed by atoms with Crippen LogP contribution >= 0.6 is 0 Å².